The van der Waals surface area contributed by atoms with Gasteiger partial charge in [0.05, 0.1) is 0 Å². The Hall–Kier alpha value is -3.51. The first-order chi connectivity index (χ1) is 14.2. The molecular weight excluding hydrogens is 445 g/mol. The van der Waals surface area contributed by atoms with Crippen molar-refractivity contribution in [3.63, 3.8) is 0 Å². The molecule has 0 saturated carbocycles. The van der Waals surface area contributed by atoms with Gasteiger partial charge in [0.15, 0.2) is 11.6 Å². The minimum Gasteiger partial charge on any atom is -0.450 e. The first kappa shape index (κ1) is 27.5. The lowest BCUT2D eigenvalue weighted by molar-refractivity contribution is -0.0510. The van der Waals surface area contributed by atoms with E-state index in [-0.39, 0.29) is 11.6 Å². The van der Waals surface area contributed by atoms with Crippen molar-refractivity contribution < 1.29 is 50.7 Å². The van der Waals surface area contributed by atoms with Crippen molar-refractivity contribution >= 4 is 27.8 Å². The van der Waals surface area contributed by atoms with Gasteiger partial charge in [-0.1, -0.05) is 54.6 Å². The molecule has 1 aliphatic rings. The zero-order valence-electron chi connectivity index (χ0n) is 15.8. The van der Waals surface area contributed by atoms with E-state index in [9.17, 15) is 22.8 Å². The van der Waals surface area contributed by atoms with Crippen LogP contribution in [0.5, 0.6) is 0 Å². The fourth-order valence-electron chi connectivity index (χ4n) is 2.05. The highest BCUT2D eigenvalue weighted by Crippen LogP contribution is 2.26. The van der Waals surface area contributed by atoms with Gasteiger partial charge in [-0.15, -0.1) is 6.58 Å². The number of allylic oxidation sites excluding steroid dienone is 1. The van der Waals surface area contributed by atoms with Gasteiger partial charge in [0.1, 0.15) is 0 Å². The van der Waals surface area contributed by atoms with Crippen LogP contribution in [0, 0.1) is 0 Å². The van der Waals surface area contributed by atoms with Gasteiger partial charge in [-0.25, -0.2) is 4.79 Å². The molecule has 31 heavy (non-hydrogen) atoms. The first-order valence-corrected chi connectivity index (χ1v) is 9.43. The molecule has 0 aliphatic heterocycles. The predicted molar refractivity (Wildman–Crippen MR) is 104 cm³/mol. The van der Waals surface area contributed by atoms with Crippen LogP contribution in [0.15, 0.2) is 61.2 Å². The molecule has 3 N–H and O–H groups in total. The average Bonchev–Trinajstić information content (AvgIpc) is 2.65. The molecule has 8 nitrogen and oxygen atoms in total. The molecule has 0 unspecified atom stereocenters. The molecule has 12 heteroatoms. The van der Waals surface area contributed by atoms with Crippen LogP contribution in [-0.4, -0.2) is 46.4 Å². The molecule has 2 aromatic rings. The lowest BCUT2D eigenvalue weighted by Crippen LogP contribution is -2.21. The van der Waals surface area contributed by atoms with Crippen LogP contribution in [0.1, 0.15) is 38.8 Å². The molecule has 0 atom stereocenters. The number of hydrogen-bond donors (Lipinski definition) is 3. The van der Waals surface area contributed by atoms with Crippen LogP contribution in [0.3, 0.4) is 0 Å². The van der Waals surface area contributed by atoms with Gasteiger partial charge >= 0.3 is 21.8 Å². The van der Waals surface area contributed by atoms with Crippen LogP contribution >= 0.6 is 0 Å². The van der Waals surface area contributed by atoms with E-state index in [2.05, 4.69) is 6.58 Å². The Bertz CT molecular complexity index is 950. The summed E-state index contributed by atoms with van der Waals surface area (Å²) < 4.78 is 57.5. The van der Waals surface area contributed by atoms with Gasteiger partial charge in [-0.2, -0.15) is 21.6 Å². The van der Waals surface area contributed by atoms with E-state index in [1.165, 1.54) is 0 Å². The van der Waals surface area contributed by atoms with Crippen LogP contribution in [0.25, 0.3) is 0 Å². The third-order valence-electron chi connectivity index (χ3n) is 3.13. The molecule has 0 saturated heterocycles. The Morgan fingerprint density at radius 2 is 1.03 bits per heavy atom. The molecule has 2 aromatic carbocycles. The summed E-state index contributed by atoms with van der Waals surface area (Å²) in [4.78, 5) is 32.8. The maximum absolute atomic E-state index is 12.1. The number of hydrogen-bond acceptors (Lipinski definition) is 5. The highest BCUT2D eigenvalue weighted by molar-refractivity contribution is 7.86. The number of benzene rings is 2. The Labute approximate surface area is 175 Å². The van der Waals surface area contributed by atoms with Crippen LogP contribution < -0.4 is 0 Å². The third-order valence-corrected chi connectivity index (χ3v) is 3.71. The van der Waals surface area contributed by atoms with Gasteiger partial charge in [-0.05, 0) is 6.92 Å². The minimum atomic E-state index is -5.84. The standard InChI is InChI=1S/C14H8O2.C3H6.CHF3O3S.CH2O3/c15-13-9-5-1-2-6-10(9)14(16)12-8-4-3-7-11(12)13;1-3-2;2-1(3,4)8(5,6)7;2-1(3)4/h1-8H;3H,1H2,2H3;(H,5,6,7);(H2,2,3,4). The number of carboxylic acid groups (broad SMARTS) is 2. The molecule has 0 spiro atoms. The van der Waals surface area contributed by atoms with E-state index in [0.717, 1.165) is 0 Å². The van der Waals surface area contributed by atoms with Crippen molar-refractivity contribution in [2.24, 2.45) is 0 Å². The fourth-order valence-corrected chi connectivity index (χ4v) is 2.05. The van der Waals surface area contributed by atoms with Gasteiger partial charge < -0.3 is 10.2 Å². The maximum atomic E-state index is 12.1. The smallest absolute Gasteiger partial charge is 0.450 e. The van der Waals surface area contributed by atoms with E-state index < -0.39 is 21.8 Å². The van der Waals surface area contributed by atoms with Crippen molar-refractivity contribution in [3.8, 4) is 0 Å². The molecular formula is C19H17F3O8S. The highest BCUT2D eigenvalue weighted by atomic mass is 32.2. The Morgan fingerprint density at radius 1 is 0.871 bits per heavy atom. The number of carbonyl (C=O) groups is 3. The first-order valence-electron chi connectivity index (χ1n) is 7.99. The molecule has 168 valence electrons. The summed E-state index contributed by atoms with van der Waals surface area (Å²) in [5, 5.41) is 13.9. The van der Waals surface area contributed by atoms with Gasteiger partial charge in [0.2, 0.25) is 0 Å². The number of rotatable bonds is 0. The van der Waals surface area contributed by atoms with E-state index in [1.54, 1.807) is 54.6 Å². The molecule has 0 aromatic heterocycles. The topological polar surface area (TPSA) is 146 Å². The molecule has 3 rings (SSSR count). The summed E-state index contributed by atoms with van der Waals surface area (Å²) in [6, 6.07) is 13.9. The van der Waals surface area contributed by atoms with Crippen LogP contribution in [-0.2, 0) is 10.1 Å². The fraction of sp³-hybridized carbons (Fsp3) is 0.105. The lowest BCUT2D eigenvalue weighted by atomic mass is 9.84. The zero-order chi connectivity index (χ0) is 24.4. The SMILES string of the molecule is C=CC.O=C(O)O.O=C1c2ccccc2C(=O)c2ccccc21.O=S(=O)(O)C(F)(F)F. The van der Waals surface area contributed by atoms with E-state index in [0.29, 0.717) is 22.3 Å². The lowest BCUT2D eigenvalue weighted by Gasteiger charge is -2.16. The molecule has 0 fully saturated rings. The molecule has 0 bridgehead atoms. The third kappa shape index (κ3) is 8.40. The molecule has 1 aliphatic carbocycles. The van der Waals surface area contributed by atoms with Crippen molar-refractivity contribution in [1.29, 1.82) is 0 Å². The summed E-state index contributed by atoms with van der Waals surface area (Å²) >= 11 is 0. The molecule has 0 amide bonds. The highest BCUT2D eigenvalue weighted by Gasteiger charge is 2.44. The zero-order valence-corrected chi connectivity index (χ0v) is 16.6. The van der Waals surface area contributed by atoms with Crippen molar-refractivity contribution in [1.82, 2.24) is 0 Å². The summed E-state index contributed by atoms with van der Waals surface area (Å²) in [5.41, 5.74) is -3.51. The quantitative estimate of drug-likeness (QED) is 0.255. The van der Waals surface area contributed by atoms with Crippen molar-refractivity contribution in [2.75, 3.05) is 0 Å². The van der Waals surface area contributed by atoms with E-state index >= 15 is 0 Å². The Morgan fingerprint density at radius 3 is 1.16 bits per heavy atom. The summed E-state index contributed by atoms with van der Waals surface area (Å²) in [6.45, 7) is 5.25. The van der Waals surface area contributed by atoms with Gasteiger partial charge in [-0.3, -0.25) is 14.1 Å². The summed E-state index contributed by atoms with van der Waals surface area (Å²) in [6.07, 6.45) is -0.0833. The van der Waals surface area contributed by atoms with Crippen LogP contribution in [0.2, 0.25) is 0 Å². The molecule has 0 heterocycles. The van der Waals surface area contributed by atoms with Gasteiger partial charge in [0, 0.05) is 22.3 Å². The normalized spacial score (nSPS) is 11.6. The second-order valence-electron chi connectivity index (χ2n) is 5.36. The Kier molecular flexibility index (Phi) is 10.3. The van der Waals surface area contributed by atoms with Crippen molar-refractivity contribution in [3.05, 3.63) is 83.4 Å². The van der Waals surface area contributed by atoms with Gasteiger partial charge in [0.25, 0.3) is 0 Å². The average molecular weight is 462 g/mol. The molecule has 0 radical (unpaired) electrons. The monoisotopic (exact) mass is 462 g/mol. The van der Waals surface area contributed by atoms with Crippen molar-refractivity contribution in [2.45, 2.75) is 12.4 Å². The summed E-state index contributed by atoms with van der Waals surface area (Å²) in [5.74, 6) is -0.128. The Balaban J connectivity index is 0.000000506. The largest absolute Gasteiger partial charge is 0.522 e. The predicted octanol–water partition coefficient (Wildman–Crippen LogP) is 4.27. The minimum absolute atomic E-state index is 0.0641. The second-order valence-corrected chi connectivity index (χ2v) is 6.77. The number of ketones is 2. The van der Waals surface area contributed by atoms with E-state index in [4.69, 9.17) is 28.0 Å². The number of alkyl halides is 3. The number of halogens is 3. The second kappa shape index (κ2) is 11.6. The van der Waals surface area contributed by atoms with E-state index in [1.807, 2.05) is 6.92 Å². The maximum Gasteiger partial charge on any atom is 0.522 e. The summed E-state index contributed by atoms with van der Waals surface area (Å²) in [7, 11) is -5.84. The van der Waals surface area contributed by atoms with Crippen LogP contribution in [0.4, 0.5) is 18.0 Å². The number of fused-ring (bicyclic) bond motifs is 2. The number of carbonyl (C=O) groups excluding carboxylic acids is 2.